The summed E-state index contributed by atoms with van der Waals surface area (Å²) in [6, 6.07) is 8.44. The van der Waals surface area contributed by atoms with Crippen LogP contribution in [0.25, 0.3) is 0 Å². The average Bonchev–Trinajstić information content (AvgIpc) is 2.71. The second-order valence-corrected chi connectivity index (χ2v) is 5.69. The molecule has 18 heavy (non-hydrogen) atoms. The van der Waals surface area contributed by atoms with Gasteiger partial charge in [0.15, 0.2) is 0 Å². The molecule has 0 unspecified atom stereocenters. The number of halogens is 1. The Hall–Kier alpha value is -1.20. The highest BCUT2D eigenvalue weighted by atomic mass is 79.9. The van der Waals surface area contributed by atoms with Crippen molar-refractivity contribution in [3.05, 3.63) is 46.5 Å². The summed E-state index contributed by atoms with van der Waals surface area (Å²) in [5.41, 5.74) is 1.49. The first-order valence-electron chi connectivity index (χ1n) is 6.00. The summed E-state index contributed by atoms with van der Waals surface area (Å²) in [4.78, 5) is 4.35. The minimum absolute atomic E-state index is 0.140. The Morgan fingerprint density at radius 3 is 2.72 bits per heavy atom. The first kappa shape index (κ1) is 11.9. The molecule has 1 aromatic carbocycles. The van der Waals surface area contributed by atoms with Crippen LogP contribution in [0.3, 0.4) is 0 Å². The summed E-state index contributed by atoms with van der Waals surface area (Å²) in [5, 5.41) is 7.53. The van der Waals surface area contributed by atoms with Crippen molar-refractivity contribution >= 4 is 15.9 Å². The number of nitrogens with one attached hydrogen (secondary N) is 1. The summed E-state index contributed by atoms with van der Waals surface area (Å²) in [6.45, 7) is 1.98. The van der Waals surface area contributed by atoms with E-state index in [1.807, 2.05) is 11.7 Å². The molecule has 1 aromatic heterocycles. The summed E-state index contributed by atoms with van der Waals surface area (Å²) in [5.74, 6) is 1.03. The first-order chi connectivity index (χ1) is 8.71. The molecular weight excluding hydrogens is 292 g/mol. The van der Waals surface area contributed by atoms with E-state index < -0.39 is 0 Å². The maximum absolute atomic E-state index is 4.35. The molecule has 1 fully saturated rings. The van der Waals surface area contributed by atoms with E-state index in [9.17, 15) is 0 Å². The number of benzene rings is 1. The molecule has 4 nitrogen and oxygen atoms in total. The van der Waals surface area contributed by atoms with Gasteiger partial charge in [-0.3, -0.25) is 4.68 Å². The molecule has 0 spiro atoms. The van der Waals surface area contributed by atoms with Gasteiger partial charge in [-0.25, -0.2) is 4.98 Å². The Morgan fingerprint density at radius 2 is 2.17 bits per heavy atom. The molecule has 5 heteroatoms. The van der Waals surface area contributed by atoms with E-state index in [1.165, 1.54) is 10.0 Å². The number of hydrogen-bond acceptors (Lipinski definition) is 3. The number of rotatable bonds is 3. The smallest absolute Gasteiger partial charge is 0.138 e. The molecule has 0 aliphatic carbocycles. The predicted octanol–water partition coefficient (Wildman–Crippen LogP) is 1.66. The maximum Gasteiger partial charge on any atom is 0.138 e. The lowest BCUT2D eigenvalue weighted by atomic mass is 9.72. The third-order valence-corrected chi connectivity index (χ3v) is 4.37. The Bertz CT molecular complexity index is 560. The van der Waals surface area contributed by atoms with Gasteiger partial charge in [0.2, 0.25) is 0 Å². The fraction of sp³-hybridized carbons (Fsp3) is 0.385. The second kappa shape index (κ2) is 4.48. The van der Waals surface area contributed by atoms with E-state index in [2.05, 4.69) is 55.6 Å². The second-order valence-electron chi connectivity index (χ2n) is 4.84. The van der Waals surface area contributed by atoms with Crippen molar-refractivity contribution in [2.24, 2.45) is 7.05 Å². The third kappa shape index (κ3) is 1.87. The number of aryl methyl sites for hydroxylation is 1. The summed E-state index contributed by atoms with van der Waals surface area (Å²) >= 11 is 3.66. The van der Waals surface area contributed by atoms with Crippen molar-refractivity contribution in [2.75, 3.05) is 13.1 Å². The lowest BCUT2D eigenvalue weighted by Gasteiger charge is -2.43. The molecule has 1 aliphatic rings. The molecule has 1 N–H and O–H groups in total. The van der Waals surface area contributed by atoms with Gasteiger partial charge in [0.1, 0.15) is 12.2 Å². The van der Waals surface area contributed by atoms with Gasteiger partial charge in [0.05, 0.1) is 0 Å². The quantitative estimate of drug-likeness (QED) is 0.938. The van der Waals surface area contributed by atoms with Gasteiger partial charge >= 0.3 is 0 Å². The molecule has 2 heterocycles. The van der Waals surface area contributed by atoms with Crippen LogP contribution >= 0.6 is 15.9 Å². The topological polar surface area (TPSA) is 42.7 Å². The molecule has 1 saturated heterocycles. The van der Waals surface area contributed by atoms with E-state index in [0.717, 1.165) is 25.3 Å². The van der Waals surface area contributed by atoms with Crippen LogP contribution in [0.2, 0.25) is 0 Å². The molecule has 94 valence electrons. The van der Waals surface area contributed by atoms with Crippen LogP contribution in [0.4, 0.5) is 0 Å². The number of nitrogens with zero attached hydrogens (tertiary/aromatic N) is 3. The van der Waals surface area contributed by atoms with Crippen LogP contribution in [0.15, 0.2) is 35.1 Å². The standard InChI is InChI=1S/C13H15BrN4/c1-18-12(16-9-17-18)6-13(7-15-8-13)10-4-2-3-5-11(10)14/h2-5,9,15H,6-8H2,1H3. The van der Waals surface area contributed by atoms with E-state index >= 15 is 0 Å². The van der Waals surface area contributed by atoms with E-state index in [4.69, 9.17) is 0 Å². The van der Waals surface area contributed by atoms with Crippen molar-refractivity contribution < 1.29 is 0 Å². The Morgan fingerprint density at radius 1 is 1.39 bits per heavy atom. The zero-order valence-corrected chi connectivity index (χ0v) is 11.8. The zero-order chi connectivity index (χ0) is 12.6. The lowest BCUT2D eigenvalue weighted by Crippen LogP contribution is -2.58. The molecule has 1 aliphatic heterocycles. The molecule has 0 saturated carbocycles. The molecule has 0 radical (unpaired) electrons. The van der Waals surface area contributed by atoms with Gasteiger partial charge in [0, 0.05) is 36.4 Å². The highest BCUT2D eigenvalue weighted by molar-refractivity contribution is 9.10. The highest BCUT2D eigenvalue weighted by Gasteiger charge is 2.41. The van der Waals surface area contributed by atoms with Crippen LogP contribution in [0, 0.1) is 0 Å². The largest absolute Gasteiger partial charge is 0.315 e. The highest BCUT2D eigenvalue weighted by Crippen LogP contribution is 2.36. The van der Waals surface area contributed by atoms with Crippen LogP contribution < -0.4 is 5.32 Å². The molecule has 3 rings (SSSR count). The van der Waals surface area contributed by atoms with Crippen molar-refractivity contribution in [3.63, 3.8) is 0 Å². The van der Waals surface area contributed by atoms with Gasteiger partial charge in [-0.05, 0) is 11.6 Å². The van der Waals surface area contributed by atoms with Crippen molar-refractivity contribution in [3.8, 4) is 0 Å². The van der Waals surface area contributed by atoms with E-state index in [1.54, 1.807) is 6.33 Å². The average molecular weight is 307 g/mol. The maximum atomic E-state index is 4.35. The van der Waals surface area contributed by atoms with Crippen LogP contribution in [0.5, 0.6) is 0 Å². The van der Waals surface area contributed by atoms with E-state index in [-0.39, 0.29) is 5.41 Å². The normalized spacial score (nSPS) is 17.4. The Kier molecular flexibility index (Phi) is 2.95. The Balaban J connectivity index is 1.96. The van der Waals surface area contributed by atoms with Crippen LogP contribution in [-0.4, -0.2) is 27.9 Å². The van der Waals surface area contributed by atoms with Crippen molar-refractivity contribution in [1.29, 1.82) is 0 Å². The zero-order valence-electron chi connectivity index (χ0n) is 10.2. The number of aromatic nitrogens is 3. The van der Waals surface area contributed by atoms with Gasteiger partial charge in [-0.2, -0.15) is 5.10 Å². The van der Waals surface area contributed by atoms with Gasteiger partial charge in [-0.1, -0.05) is 34.1 Å². The molecule has 2 aromatic rings. The van der Waals surface area contributed by atoms with Crippen LogP contribution in [0.1, 0.15) is 11.4 Å². The molecule has 0 atom stereocenters. The minimum atomic E-state index is 0.140. The van der Waals surface area contributed by atoms with E-state index in [0.29, 0.717) is 0 Å². The monoisotopic (exact) mass is 306 g/mol. The van der Waals surface area contributed by atoms with Crippen molar-refractivity contribution in [1.82, 2.24) is 20.1 Å². The third-order valence-electron chi connectivity index (χ3n) is 3.67. The van der Waals surface area contributed by atoms with Gasteiger partial charge in [-0.15, -0.1) is 0 Å². The predicted molar refractivity (Wildman–Crippen MR) is 73.4 cm³/mol. The Labute approximate surface area is 115 Å². The molecule has 0 amide bonds. The SMILES string of the molecule is Cn1ncnc1CC1(c2ccccc2Br)CNC1. The minimum Gasteiger partial charge on any atom is -0.315 e. The fourth-order valence-electron chi connectivity index (χ4n) is 2.51. The summed E-state index contributed by atoms with van der Waals surface area (Å²) in [7, 11) is 1.95. The van der Waals surface area contributed by atoms with Gasteiger partial charge in [0.25, 0.3) is 0 Å². The summed E-state index contributed by atoms with van der Waals surface area (Å²) < 4.78 is 3.03. The van der Waals surface area contributed by atoms with Crippen LogP contribution in [-0.2, 0) is 18.9 Å². The van der Waals surface area contributed by atoms with Crippen molar-refractivity contribution in [2.45, 2.75) is 11.8 Å². The lowest BCUT2D eigenvalue weighted by molar-refractivity contribution is 0.266. The molecule has 0 bridgehead atoms. The molecular formula is C13H15BrN4. The number of hydrogen-bond donors (Lipinski definition) is 1. The fourth-order valence-corrected chi connectivity index (χ4v) is 3.22. The summed E-state index contributed by atoms with van der Waals surface area (Å²) in [6.07, 6.45) is 2.54. The first-order valence-corrected chi connectivity index (χ1v) is 6.79. The van der Waals surface area contributed by atoms with Gasteiger partial charge < -0.3 is 5.32 Å².